The van der Waals surface area contributed by atoms with Gasteiger partial charge in [-0.25, -0.2) is 4.79 Å². The molecule has 3 aromatic rings. The lowest BCUT2D eigenvalue weighted by Gasteiger charge is -2.24. The second-order valence-corrected chi connectivity index (χ2v) is 9.04. The van der Waals surface area contributed by atoms with Gasteiger partial charge in [-0.15, -0.1) is 0 Å². The number of halogens is 3. The van der Waals surface area contributed by atoms with Gasteiger partial charge in [-0.2, -0.15) is 0 Å². The molecule has 0 atom stereocenters. The van der Waals surface area contributed by atoms with Crippen molar-refractivity contribution in [3.8, 4) is 0 Å². The van der Waals surface area contributed by atoms with E-state index in [0.29, 0.717) is 27.0 Å². The summed E-state index contributed by atoms with van der Waals surface area (Å²) in [4.78, 5) is 37.6. The molecule has 176 valence electrons. The SMILES string of the molecule is O=C(O)CCNC(=O)c1ccc(N(Cc2ccc(Br)cc2)C(=O)Nc2cc(Cl)cc(Cl)c2)cc1. The van der Waals surface area contributed by atoms with E-state index < -0.39 is 17.9 Å². The first-order chi connectivity index (χ1) is 16.2. The number of rotatable bonds is 8. The lowest BCUT2D eigenvalue weighted by Crippen LogP contribution is -2.34. The lowest BCUT2D eigenvalue weighted by molar-refractivity contribution is -0.136. The molecule has 0 aromatic heterocycles. The van der Waals surface area contributed by atoms with Crippen molar-refractivity contribution in [2.24, 2.45) is 0 Å². The van der Waals surface area contributed by atoms with Gasteiger partial charge in [-0.05, 0) is 60.2 Å². The van der Waals surface area contributed by atoms with Crippen molar-refractivity contribution in [2.75, 3.05) is 16.8 Å². The third-order valence-electron chi connectivity index (χ3n) is 4.68. The van der Waals surface area contributed by atoms with Crippen molar-refractivity contribution in [1.29, 1.82) is 0 Å². The maximum atomic E-state index is 13.2. The normalized spacial score (nSPS) is 10.4. The molecule has 3 aromatic carbocycles. The number of nitrogens with zero attached hydrogens (tertiary/aromatic N) is 1. The van der Waals surface area contributed by atoms with Crippen LogP contribution in [0.3, 0.4) is 0 Å². The molecule has 0 spiro atoms. The fourth-order valence-electron chi connectivity index (χ4n) is 3.05. The summed E-state index contributed by atoms with van der Waals surface area (Å²) in [5.74, 6) is -1.39. The number of amides is 3. The molecule has 0 aliphatic carbocycles. The molecule has 0 bridgehead atoms. The van der Waals surface area contributed by atoms with E-state index in [2.05, 4.69) is 26.6 Å². The molecule has 0 heterocycles. The van der Waals surface area contributed by atoms with Crippen LogP contribution in [-0.2, 0) is 11.3 Å². The summed E-state index contributed by atoms with van der Waals surface area (Å²) in [6.07, 6.45) is -0.168. The largest absolute Gasteiger partial charge is 0.481 e. The number of hydrogen-bond acceptors (Lipinski definition) is 3. The van der Waals surface area contributed by atoms with Gasteiger partial charge in [0.25, 0.3) is 5.91 Å². The van der Waals surface area contributed by atoms with Crippen molar-refractivity contribution in [3.63, 3.8) is 0 Å². The smallest absolute Gasteiger partial charge is 0.326 e. The third-order valence-corrected chi connectivity index (χ3v) is 5.64. The van der Waals surface area contributed by atoms with Gasteiger partial charge in [0.15, 0.2) is 0 Å². The molecular formula is C24H20BrCl2N3O4. The minimum atomic E-state index is -0.994. The fraction of sp³-hybridized carbons (Fsp3) is 0.125. The molecule has 0 saturated heterocycles. The van der Waals surface area contributed by atoms with E-state index >= 15 is 0 Å². The number of benzene rings is 3. The van der Waals surface area contributed by atoms with Crippen LogP contribution in [-0.4, -0.2) is 29.6 Å². The highest BCUT2D eigenvalue weighted by atomic mass is 79.9. The summed E-state index contributed by atoms with van der Waals surface area (Å²) in [5, 5.41) is 14.8. The van der Waals surface area contributed by atoms with E-state index in [0.717, 1.165) is 10.0 Å². The number of carbonyl (C=O) groups excluding carboxylic acids is 2. The van der Waals surface area contributed by atoms with Crippen LogP contribution >= 0.6 is 39.1 Å². The van der Waals surface area contributed by atoms with E-state index in [-0.39, 0.29) is 19.5 Å². The number of carboxylic acid groups (broad SMARTS) is 1. The van der Waals surface area contributed by atoms with Crippen LogP contribution in [0, 0.1) is 0 Å². The molecule has 0 saturated carbocycles. The predicted molar refractivity (Wildman–Crippen MR) is 137 cm³/mol. The van der Waals surface area contributed by atoms with Crippen LogP contribution in [0.1, 0.15) is 22.3 Å². The van der Waals surface area contributed by atoms with Crippen molar-refractivity contribution in [1.82, 2.24) is 5.32 Å². The summed E-state index contributed by atoms with van der Waals surface area (Å²) in [7, 11) is 0. The Balaban J connectivity index is 1.82. The predicted octanol–water partition coefficient (Wildman–Crippen LogP) is 6.20. The molecular weight excluding hydrogens is 545 g/mol. The third kappa shape index (κ3) is 7.48. The molecule has 0 radical (unpaired) electrons. The molecule has 10 heteroatoms. The Labute approximate surface area is 214 Å². The molecule has 0 unspecified atom stereocenters. The Hall–Kier alpha value is -3.07. The zero-order chi connectivity index (χ0) is 24.7. The lowest BCUT2D eigenvalue weighted by atomic mass is 10.1. The van der Waals surface area contributed by atoms with Gasteiger partial charge in [0.1, 0.15) is 0 Å². The minimum absolute atomic E-state index is 0.0240. The highest BCUT2D eigenvalue weighted by molar-refractivity contribution is 9.10. The molecule has 3 amide bonds. The van der Waals surface area contributed by atoms with Crippen molar-refractivity contribution >= 4 is 68.4 Å². The zero-order valence-corrected chi connectivity index (χ0v) is 20.8. The van der Waals surface area contributed by atoms with Gasteiger partial charge in [0, 0.05) is 38.0 Å². The average molecular weight is 565 g/mol. The van der Waals surface area contributed by atoms with Gasteiger partial charge < -0.3 is 15.7 Å². The number of aliphatic carboxylic acids is 1. The van der Waals surface area contributed by atoms with E-state index in [1.54, 1.807) is 42.5 Å². The number of hydrogen-bond donors (Lipinski definition) is 3. The number of anilines is 2. The second kappa shape index (κ2) is 11.9. The van der Waals surface area contributed by atoms with E-state index in [9.17, 15) is 14.4 Å². The average Bonchev–Trinajstić information content (AvgIpc) is 2.77. The second-order valence-electron chi connectivity index (χ2n) is 7.25. The molecule has 0 fully saturated rings. The quantitative estimate of drug-likeness (QED) is 0.303. The summed E-state index contributed by atoms with van der Waals surface area (Å²) < 4.78 is 0.916. The topological polar surface area (TPSA) is 98.7 Å². The summed E-state index contributed by atoms with van der Waals surface area (Å²) >= 11 is 15.5. The Morgan fingerprint density at radius 3 is 2.12 bits per heavy atom. The Kier molecular flexibility index (Phi) is 8.92. The van der Waals surface area contributed by atoms with Crippen molar-refractivity contribution in [2.45, 2.75) is 13.0 Å². The summed E-state index contributed by atoms with van der Waals surface area (Å²) in [6.45, 7) is 0.285. The zero-order valence-electron chi connectivity index (χ0n) is 17.7. The standard InChI is InChI=1S/C24H20BrCl2N3O4/c25-17-5-1-15(2-6-17)14-30(24(34)29-20-12-18(26)11-19(27)13-20)21-7-3-16(4-8-21)23(33)28-10-9-22(31)32/h1-8,11-13H,9-10,14H2,(H,28,33)(H,29,34)(H,31,32). The number of nitrogens with one attached hydrogen (secondary N) is 2. The van der Waals surface area contributed by atoms with Gasteiger partial charge in [-0.3, -0.25) is 14.5 Å². The minimum Gasteiger partial charge on any atom is -0.481 e. The molecule has 0 aliphatic heterocycles. The molecule has 7 nitrogen and oxygen atoms in total. The van der Waals surface area contributed by atoms with Gasteiger partial charge in [-0.1, -0.05) is 51.3 Å². The van der Waals surface area contributed by atoms with E-state index in [1.165, 1.54) is 4.90 Å². The maximum Gasteiger partial charge on any atom is 0.326 e. The summed E-state index contributed by atoms with van der Waals surface area (Å²) in [6, 6.07) is 18.3. The Morgan fingerprint density at radius 1 is 0.912 bits per heavy atom. The van der Waals surface area contributed by atoms with E-state index in [1.807, 2.05) is 24.3 Å². The Bertz CT molecular complexity index is 1170. The first-order valence-electron chi connectivity index (χ1n) is 10.1. The molecule has 3 rings (SSSR count). The monoisotopic (exact) mass is 563 g/mol. The first kappa shape index (κ1) is 25.6. The number of carboxylic acids is 1. The van der Waals surface area contributed by atoms with Gasteiger partial charge >= 0.3 is 12.0 Å². The van der Waals surface area contributed by atoms with Crippen LogP contribution < -0.4 is 15.5 Å². The van der Waals surface area contributed by atoms with Crippen molar-refractivity contribution in [3.05, 3.63) is 92.4 Å². The van der Waals surface area contributed by atoms with E-state index in [4.69, 9.17) is 28.3 Å². The van der Waals surface area contributed by atoms with Crippen LogP contribution in [0.2, 0.25) is 10.0 Å². The molecule has 0 aliphatic rings. The Morgan fingerprint density at radius 2 is 1.53 bits per heavy atom. The highest BCUT2D eigenvalue weighted by Crippen LogP contribution is 2.25. The maximum absolute atomic E-state index is 13.2. The molecule has 3 N–H and O–H groups in total. The first-order valence-corrected chi connectivity index (χ1v) is 11.7. The van der Waals surface area contributed by atoms with Crippen LogP contribution in [0.15, 0.2) is 71.2 Å². The highest BCUT2D eigenvalue weighted by Gasteiger charge is 2.18. The van der Waals surface area contributed by atoms with Gasteiger partial charge in [0.2, 0.25) is 0 Å². The van der Waals surface area contributed by atoms with Gasteiger partial charge in [0.05, 0.1) is 13.0 Å². The fourth-order valence-corrected chi connectivity index (χ4v) is 3.84. The summed E-state index contributed by atoms with van der Waals surface area (Å²) in [5.41, 5.74) is 2.23. The molecule has 34 heavy (non-hydrogen) atoms. The van der Waals surface area contributed by atoms with Crippen LogP contribution in [0.25, 0.3) is 0 Å². The van der Waals surface area contributed by atoms with Crippen molar-refractivity contribution < 1.29 is 19.5 Å². The number of urea groups is 1. The van der Waals surface area contributed by atoms with Crippen LogP contribution in [0.4, 0.5) is 16.2 Å². The van der Waals surface area contributed by atoms with Crippen LogP contribution in [0.5, 0.6) is 0 Å². The number of carbonyl (C=O) groups is 3.